The Kier molecular flexibility index (Phi) is 4.54. The number of hydrogen-bond donors (Lipinski definition) is 0. The minimum Gasteiger partial charge on any atom is -0.110 e. The summed E-state index contributed by atoms with van der Waals surface area (Å²) < 4.78 is 0. The molecule has 1 atom stereocenters. The van der Waals surface area contributed by atoms with E-state index in [2.05, 4.69) is 70.2 Å². The SMILES string of the molecule is CC(C)PC(C)(C)/C=C/c1ccccc1. The molecule has 0 aromatic heterocycles. The van der Waals surface area contributed by atoms with Gasteiger partial charge in [0, 0.05) is 5.16 Å². The van der Waals surface area contributed by atoms with E-state index in [1.54, 1.807) is 0 Å². The van der Waals surface area contributed by atoms with Crippen LogP contribution in [0.2, 0.25) is 0 Å². The minimum atomic E-state index is 0.323. The Morgan fingerprint density at radius 1 is 1.13 bits per heavy atom. The van der Waals surface area contributed by atoms with Crippen molar-refractivity contribution in [1.82, 2.24) is 0 Å². The maximum Gasteiger partial charge on any atom is 0.000497 e. The van der Waals surface area contributed by atoms with Crippen molar-refractivity contribution in [2.75, 3.05) is 0 Å². The number of hydrogen-bond acceptors (Lipinski definition) is 0. The Hall–Kier alpha value is -0.610. The summed E-state index contributed by atoms with van der Waals surface area (Å²) in [4.78, 5) is 0. The highest BCUT2D eigenvalue weighted by molar-refractivity contribution is 7.41. The maximum atomic E-state index is 2.33. The van der Waals surface area contributed by atoms with Crippen LogP contribution in [0.5, 0.6) is 0 Å². The van der Waals surface area contributed by atoms with Crippen LogP contribution in [0.4, 0.5) is 0 Å². The zero-order valence-electron chi connectivity index (χ0n) is 10.1. The third-order valence-electron chi connectivity index (χ3n) is 2.15. The van der Waals surface area contributed by atoms with Crippen LogP contribution in [0.25, 0.3) is 6.08 Å². The molecule has 15 heavy (non-hydrogen) atoms. The Bertz CT molecular complexity index is 309. The van der Waals surface area contributed by atoms with Gasteiger partial charge < -0.3 is 0 Å². The van der Waals surface area contributed by atoms with Crippen LogP contribution in [0.1, 0.15) is 33.3 Å². The molecule has 0 aliphatic heterocycles. The molecule has 0 saturated heterocycles. The van der Waals surface area contributed by atoms with Crippen LogP contribution in [0.15, 0.2) is 36.4 Å². The van der Waals surface area contributed by atoms with Crippen LogP contribution in [-0.4, -0.2) is 10.8 Å². The second-order valence-corrected chi connectivity index (χ2v) is 7.50. The number of allylic oxidation sites excluding steroid dienone is 1. The van der Waals surface area contributed by atoms with E-state index < -0.39 is 0 Å². The van der Waals surface area contributed by atoms with E-state index >= 15 is 0 Å². The second kappa shape index (κ2) is 5.47. The van der Waals surface area contributed by atoms with E-state index in [-0.39, 0.29) is 0 Å². The van der Waals surface area contributed by atoms with Crippen LogP contribution < -0.4 is 0 Å². The molecule has 1 aromatic rings. The number of benzene rings is 1. The summed E-state index contributed by atoms with van der Waals surface area (Å²) in [5.41, 5.74) is 2.07. The third-order valence-corrected chi connectivity index (χ3v) is 3.64. The molecule has 82 valence electrons. The molecular formula is C14H21P. The minimum absolute atomic E-state index is 0.323. The normalized spacial score (nSPS) is 13.4. The first-order chi connectivity index (χ1) is 6.99. The number of rotatable bonds is 4. The summed E-state index contributed by atoms with van der Waals surface area (Å²) in [7, 11) is 0.980. The average molecular weight is 220 g/mol. The third kappa shape index (κ3) is 5.14. The van der Waals surface area contributed by atoms with Crippen molar-refractivity contribution in [2.24, 2.45) is 0 Å². The van der Waals surface area contributed by atoms with Gasteiger partial charge in [-0.15, -0.1) is 8.58 Å². The molecule has 0 aliphatic carbocycles. The van der Waals surface area contributed by atoms with Crippen molar-refractivity contribution in [1.29, 1.82) is 0 Å². The molecule has 1 aromatic carbocycles. The zero-order chi connectivity index (χ0) is 11.3. The summed E-state index contributed by atoms with van der Waals surface area (Å²) in [6.07, 6.45) is 4.57. The molecule has 1 unspecified atom stereocenters. The van der Waals surface area contributed by atoms with Gasteiger partial charge in [0.05, 0.1) is 0 Å². The lowest BCUT2D eigenvalue weighted by Gasteiger charge is -2.22. The fraction of sp³-hybridized carbons (Fsp3) is 0.429. The predicted octanol–water partition coefficient (Wildman–Crippen LogP) is 4.57. The van der Waals surface area contributed by atoms with Gasteiger partial charge in [0.2, 0.25) is 0 Å². The second-order valence-electron chi connectivity index (χ2n) is 4.76. The van der Waals surface area contributed by atoms with Gasteiger partial charge in [-0.2, -0.15) is 0 Å². The van der Waals surface area contributed by atoms with Crippen LogP contribution in [-0.2, 0) is 0 Å². The molecule has 0 bridgehead atoms. The Balaban J connectivity index is 2.64. The fourth-order valence-electron chi connectivity index (χ4n) is 1.66. The van der Waals surface area contributed by atoms with Crippen molar-refractivity contribution in [3.05, 3.63) is 42.0 Å². The van der Waals surface area contributed by atoms with E-state index in [9.17, 15) is 0 Å². The first-order valence-electron chi connectivity index (χ1n) is 5.51. The molecule has 0 fully saturated rings. The molecule has 0 spiro atoms. The van der Waals surface area contributed by atoms with Gasteiger partial charge in [0.15, 0.2) is 0 Å². The quantitative estimate of drug-likeness (QED) is 0.652. The van der Waals surface area contributed by atoms with E-state index in [1.807, 2.05) is 0 Å². The van der Waals surface area contributed by atoms with Gasteiger partial charge in [-0.1, -0.05) is 70.2 Å². The lowest BCUT2D eigenvalue weighted by molar-refractivity contribution is 0.875. The van der Waals surface area contributed by atoms with Crippen molar-refractivity contribution < 1.29 is 0 Å². The Morgan fingerprint density at radius 2 is 1.73 bits per heavy atom. The molecule has 0 amide bonds. The predicted molar refractivity (Wildman–Crippen MR) is 73.0 cm³/mol. The molecule has 0 nitrogen and oxygen atoms in total. The van der Waals surface area contributed by atoms with Gasteiger partial charge in [-0.05, 0) is 11.2 Å². The van der Waals surface area contributed by atoms with Crippen molar-refractivity contribution in [3.63, 3.8) is 0 Å². The lowest BCUT2D eigenvalue weighted by atomic mass is 10.1. The fourth-order valence-corrected chi connectivity index (χ4v) is 3.33. The topological polar surface area (TPSA) is 0 Å². The van der Waals surface area contributed by atoms with E-state index in [1.165, 1.54) is 5.56 Å². The summed E-state index contributed by atoms with van der Waals surface area (Å²) in [5.74, 6) is 0. The van der Waals surface area contributed by atoms with Crippen LogP contribution >= 0.6 is 8.58 Å². The van der Waals surface area contributed by atoms with E-state index in [0.717, 1.165) is 14.2 Å². The van der Waals surface area contributed by atoms with Gasteiger partial charge in [0.25, 0.3) is 0 Å². The summed E-state index contributed by atoms with van der Waals surface area (Å²) >= 11 is 0. The Labute approximate surface area is 95.6 Å². The van der Waals surface area contributed by atoms with Gasteiger partial charge in [-0.25, -0.2) is 0 Å². The van der Waals surface area contributed by atoms with Gasteiger partial charge in [0.1, 0.15) is 0 Å². The molecule has 1 rings (SSSR count). The van der Waals surface area contributed by atoms with Gasteiger partial charge >= 0.3 is 0 Å². The highest BCUT2D eigenvalue weighted by Gasteiger charge is 2.14. The first kappa shape index (κ1) is 12.5. The monoisotopic (exact) mass is 220 g/mol. The molecule has 0 radical (unpaired) electrons. The molecule has 0 heterocycles. The standard InChI is InChI=1S/C14H21P/c1-12(2)15-14(3,4)11-10-13-8-6-5-7-9-13/h5-12,15H,1-4H3/b11-10+. The largest absolute Gasteiger partial charge is 0.110 e. The molecular weight excluding hydrogens is 199 g/mol. The van der Waals surface area contributed by atoms with Crippen LogP contribution in [0, 0.1) is 0 Å². The molecule has 0 N–H and O–H groups in total. The van der Waals surface area contributed by atoms with Crippen molar-refractivity contribution >= 4 is 14.7 Å². The van der Waals surface area contributed by atoms with Crippen molar-refractivity contribution in [3.8, 4) is 0 Å². The Morgan fingerprint density at radius 3 is 2.27 bits per heavy atom. The zero-order valence-corrected chi connectivity index (χ0v) is 11.1. The highest BCUT2D eigenvalue weighted by atomic mass is 31.1. The van der Waals surface area contributed by atoms with Crippen molar-refractivity contribution in [2.45, 2.75) is 38.5 Å². The smallest absolute Gasteiger partial charge is 0.000497 e. The molecule has 1 heteroatoms. The average Bonchev–Trinajstić information content (AvgIpc) is 2.15. The summed E-state index contributed by atoms with van der Waals surface area (Å²) in [5, 5.41) is 0.323. The summed E-state index contributed by atoms with van der Waals surface area (Å²) in [6, 6.07) is 10.5. The highest BCUT2D eigenvalue weighted by Crippen LogP contribution is 2.36. The molecule has 0 saturated carbocycles. The maximum absolute atomic E-state index is 2.33. The van der Waals surface area contributed by atoms with E-state index in [4.69, 9.17) is 0 Å². The van der Waals surface area contributed by atoms with Crippen LogP contribution in [0.3, 0.4) is 0 Å². The lowest BCUT2D eigenvalue weighted by Crippen LogP contribution is -2.11. The molecule has 0 aliphatic rings. The first-order valence-corrected chi connectivity index (χ1v) is 6.59. The van der Waals surface area contributed by atoms with E-state index in [0.29, 0.717) is 5.16 Å². The summed E-state index contributed by atoms with van der Waals surface area (Å²) in [6.45, 7) is 9.20. The van der Waals surface area contributed by atoms with Gasteiger partial charge in [-0.3, -0.25) is 0 Å².